The predicted molar refractivity (Wildman–Crippen MR) is 62.8 cm³/mol. The summed E-state index contributed by atoms with van der Waals surface area (Å²) in [5.41, 5.74) is 0. The van der Waals surface area contributed by atoms with Gasteiger partial charge in [-0.2, -0.15) is 24.9 Å². The highest BCUT2D eigenvalue weighted by atomic mass is 32.2. The normalized spacial score (nSPS) is 14.1. The summed E-state index contributed by atoms with van der Waals surface area (Å²) in [7, 11) is 0. The number of hydrogen-bond donors (Lipinski definition) is 1. The van der Waals surface area contributed by atoms with Crippen LogP contribution in [0.2, 0.25) is 0 Å². The molecular formula is C11H21F3OS. The van der Waals surface area contributed by atoms with Gasteiger partial charge >= 0.3 is 6.18 Å². The van der Waals surface area contributed by atoms with Crippen LogP contribution in [0.4, 0.5) is 13.2 Å². The fraction of sp³-hybridized carbons (Fsp3) is 1.00. The number of hydrogen-bond acceptors (Lipinski definition) is 2. The highest BCUT2D eigenvalue weighted by molar-refractivity contribution is 7.99. The van der Waals surface area contributed by atoms with Gasteiger partial charge < -0.3 is 5.11 Å². The van der Waals surface area contributed by atoms with E-state index in [-0.39, 0.29) is 5.75 Å². The van der Waals surface area contributed by atoms with Gasteiger partial charge in [-0.05, 0) is 12.2 Å². The van der Waals surface area contributed by atoms with Gasteiger partial charge in [-0.25, -0.2) is 0 Å². The molecule has 1 atom stereocenters. The Balaban J connectivity index is 3.21. The average Bonchev–Trinajstić information content (AvgIpc) is 2.20. The minimum absolute atomic E-state index is 0.238. The van der Waals surface area contributed by atoms with E-state index in [1.54, 1.807) is 0 Å². The van der Waals surface area contributed by atoms with Crippen LogP contribution in [0, 0.1) is 0 Å². The first-order valence-electron chi connectivity index (χ1n) is 5.81. The van der Waals surface area contributed by atoms with Crippen molar-refractivity contribution in [3.05, 3.63) is 0 Å². The van der Waals surface area contributed by atoms with Crippen molar-refractivity contribution in [1.82, 2.24) is 0 Å². The van der Waals surface area contributed by atoms with Gasteiger partial charge in [0.2, 0.25) is 0 Å². The highest BCUT2D eigenvalue weighted by Crippen LogP contribution is 2.23. The quantitative estimate of drug-likeness (QED) is 0.631. The molecule has 0 aromatic carbocycles. The molecule has 0 saturated carbocycles. The van der Waals surface area contributed by atoms with Gasteiger partial charge in [-0.1, -0.05) is 39.0 Å². The second kappa shape index (κ2) is 9.16. The first-order chi connectivity index (χ1) is 7.48. The van der Waals surface area contributed by atoms with E-state index in [9.17, 15) is 13.2 Å². The van der Waals surface area contributed by atoms with Crippen LogP contribution in [-0.4, -0.2) is 28.9 Å². The Hall–Kier alpha value is 0.100. The second-order valence-electron chi connectivity index (χ2n) is 3.90. The van der Waals surface area contributed by atoms with Crippen LogP contribution in [-0.2, 0) is 0 Å². The average molecular weight is 258 g/mol. The van der Waals surface area contributed by atoms with Gasteiger partial charge in [0, 0.05) is 5.75 Å². The van der Waals surface area contributed by atoms with Crippen molar-refractivity contribution in [3.63, 3.8) is 0 Å². The van der Waals surface area contributed by atoms with Crippen molar-refractivity contribution in [2.24, 2.45) is 0 Å². The summed E-state index contributed by atoms with van der Waals surface area (Å²) >= 11 is 1.18. The molecule has 1 nitrogen and oxygen atoms in total. The van der Waals surface area contributed by atoms with Crippen LogP contribution in [0.5, 0.6) is 0 Å². The van der Waals surface area contributed by atoms with Crippen LogP contribution in [0.3, 0.4) is 0 Å². The largest absolute Gasteiger partial charge is 0.415 e. The van der Waals surface area contributed by atoms with Crippen LogP contribution in [0.15, 0.2) is 0 Å². The summed E-state index contributed by atoms with van der Waals surface area (Å²) in [4.78, 5) is 0. The second-order valence-corrected chi connectivity index (χ2v) is 5.05. The Morgan fingerprint density at radius 1 is 1.06 bits per heavy atom. The van der Waals surface area contributed by atoms with Crippen molar-refractivity contribution in [3.8, 4) is 0 Å². The molecule has 0 aliphatic carbocycles. The number of thioether (sulfide) groups is 1. The van der Waals surface area contributed by atoms with Gasteiger partial charge in [0.15, 0.2) is 6.10 Å². The number of halogens is 3. The fourth-order valence-corrected chi connectivity index (χ4v) is 2.26. The molecule has 0 aromatic rings. The zero-order valence-corrected chi connectivity index (χ0v) is 10.5. The number of unbranched alkanes of at least 4 members (excludes halogenated alkanes) is 5. The molecule has 0 aliphatic heterocycles. The smallest absolute Gasteiger partial charge is 0.383 e. The Labute approximate surface area is 99.8 Å². The molecule has 0 unspecified atom stereocenters. The maximum Gasteiger partial charge on any atom is 0.415 e. The minimum Gasteiger partial charge on any atom is -0.383 e. The molecule has 0 fully saturated rings. The molecule has 0 bridgehead atoms. The Bertz CT molecular complexity index is 162. The first kappa shape index (κ1) is 16.1. The molecule has 0 rings (SSSR count). The van der Waals surface area contributed by atoms with Crippen molar-refractivity contribution < 1.29 is 18.3 Å². The lowest BCUT2D eigenvalue weighted by Gasteiger charge is -2.13. The summed E-state index contributed by atoms with van der Waals surface area (Å²) in [6.07, 6.45) is 0.203. The Morgan fingerprint density at radius 2 is 1.62 bits per heavy atom. The first-order valence-corrected chi connectivity index (χ1v) is 6.96. The van der Waals surface area contributed by atoms with Crippen LogP contribution >= 0.6 is 11.8 Å². The molecule has 0 amide bonds. The number of aliphatic hydroxyl groups is 1. The van der Waals surface area contributed by atoms with Crippen molar-refractivity contribution >= 4 is 11.8 Å². The van der Waals surface area contributed by atoms with Crippen LogP contribution in [0.1, 0.15) is 45.4 Å². The summed E-state index contributed by atoms with van der Waals surface area (Å²) in [6.45, 7) is 2.15. The topological polar surface area (TPSA) is 20.2 Å². The van der Waals surface area contributed by atoms with Crippen LogP contribution < -0.4 is 0 Å². The molecule has 0 heterocycles. The highest BCUT2D eigenvalue weighted by Gasteiger charge is 2.37. The number of rotatable bonds is 9. The third-order valence-electron chi connectivity index (χ3n) is 2.30. The lowest BCUT2D eigenvalue weighted by Crippen LogP contribution is -2.30. The van der Waals surface area contributed by atoms with Crippen molar-refractivity contribution in [2.45, 2.75) is 57.7 Å². The fourth-order valence-electron chi connectivity index (χ4n) is 1.27. The molecule has 0 aliphatic rings. The molecule has 0 spiro atoms. The molecule has 0 aromatic heterocycles. The van der Waals surface area contributed by atoms with E-state index in [2.05, 4.69) is 6.92 Å². The van der Waals surface area contributed by atoms with E-state index in [1.165, 1.54) is 31.0 Å². The van der Waals surface area contributed by atoms with Crippen molar-refractivity contribution in [1.29, 1.82) is 0 Å². The van der Waals surface area contributed by atoms with E-state index in [4.69, 9.17) is 5.11 Å². The standard InChI is InChI=1S/C11H21F3OS/c1-2-3-4-5-6-7-8-16-9-10(15)11(12,13)14/h10,15H,2-9H2,1H3/t10-/m0/s1. The summed E-state index contributed by atoms with van der Waals surface area (Å²) in [5.74, 6) is 0.470. The Morgan fingerprint density at radius 3 is 2.19 bits per heavy atom. The van der Waals surface area contributed by atoms with Gasteiger partial charge in [-0.15, -0.1) is 0 Å². The van der Waals surface area contributed by atoms with Gasteiger partial charge in [0.1, 0.15) is 0 Å². The molecule has 5 heteroatoms. The molecule has 0 radical (unpaired) electrons. The van der Waals surface area contributed by atoms with E-state index in [0.717, 1.165) is 19.3 Å². The SMILES string of the molecule is CCCCCCCCSC[C@H](O)C(F)(F)F. The molecule has 1 N–H and O–H groups in total. The number of alkyl halides is 3. The van der Waals surface area contributed by atoms with E-state index in [0.29, 0.717) is 5.75 Å². The maximum atomic E-state index is 11.9. The maximum absolute atomic E-state index is 11.9. The minimum atomic E-state index is -4.46. The van der Waals surface area contributed by atoms with Gasteiger partial charge in [-0.3, -0.25) is 0 Å². The lowest BCUT2D eigenvalue weighted by atomic mass is 10.1. The van der Waals surface area contributed by atoms with E-state index >= 15 is 0 Å². The summed E-state index contributed by atoms with van der Waals surface area (Å²) < 4.78 is 35.7. The third-order valence-corrected chi connectivity index (χ3v) is 3.42. The molecule has 98 valence electrons. The lowest BCUT2D eigenvalue weighted by molar-refractivity contribution is -0.195. The molecular weight excluding hydrogens is 237 g/mol. The number of aliphatic hydroxyl groups excluding tert-OH is 1. The predicted octanol–water partition coefficient (Wildman–Crippen LogP) is 4.00. The van der Waals surface area contributed by atoms with Gasteiger partial charge in [0.05, 0.1) is 0 Å². The summed E-state index contributed by atoms with van der Waals surface area (Å²) in [6, 6.07) is 0. The monoisotopic (exact) mass is 258 g/mol. The molecule has 0 saturated heterocycles. The van der Waals surface area contributed by atoms with E-state index < -0.39 is 12.3 Å². The zero-order valence-electron chi connectivity index (χ0n) is 9.72. The Kier molecular flexibility index (Phi) is 9.22. The zero-order chi connectivity index (χ0) is 12.4. The van der Waals surface area contributed by atoms with E-state index in [1.807, 2.05) is 0 Å². The van der Waals surface area contributed by atoms with Crippen molar-refractivity contribution in [2.75, 3.05) is 11.5 Å². The third kappa shape index (κ3) is 9.33. The van der Waals surface area contributed by atoms with Gasteiger partial charge in [0.25, 0.3) is 0 Å². The molecule has 16 heavy (non-hydrogen) atoms. The summed E-state index contributed by atoms with van der Waals surface area (Å²) in [5, 5.41) is 8.71. The van der Waals surface area contributed by atoms with Crippen LogP contribution in [0.25, 0.3) is 0 Å².